The predicted molar refractivity (Wildman–Crippen MR) is 190 cm³/mol. The van der Waals surface area contributed by atoms with Crippen molar-refractivity contribution in [3.05, 3.63) is 87.5 Å². The molecule has 0 saturated carbocycles. The van der Waals surface area contributed by atoms with E-state index in [1.165, 1.54) is 18.2 Å². The fourth-order valence-corrected chi connectivity index (χ4v) is 7.33. The summed E-state index contributed by atoms with van der Waals surface area (Å²) in [6.07, 6.45) is 6.38. The monoisotopic (exact) mass is 703 g/mol. The van der Waals surface area contributed by atoms with Crippen LogP contribution in [0.4, 0.5) is 0 Å². The molecule has 1 amide bonds. The summed E-state index contributed by atoms with van der Waals surface area (Å²) in [6.45, 7) is 0.706. The van der Waals surface area contributed by atoms with Crippen molar-refractivity contribution in [1.82, 2.24) is 25.9 Å². The van der Waals surface area contributed by atoms with Gasteiger partial charge >= 0.3 is 5.97 Å². The molecule has 10 nitrogen and oxygen atoms in total. The fourth-order valence-electron chi connectivity index (χ4n) is 6.69. The SMILES string of the molecule is COc1nc(-c2cccc(-c3ccnc(-c4ccc5c(c4)CCC[C@H]5NC[C@@H]4CCC(=O)N4)c3Cl)c2Cl)ccc1CN[C@H](CCO)C(=O)O. The molecule has 5 N–H and O–H groups in total. The Labute approximate surface area is 295 Å². The Morgan fingerprint density at radius 2 is 1.88 bits per heavy atom. The number of halogens is 2. The first-order chi connectivity index (χ1) is 23.8. The van der Waals surface area contributed by atoms with Crippen LogP contribution in [0.2, 0.25) is 10.0 Å². The molecule has 1 aliphatic heterocycles. The Kier molecular flexibility index (Phi) is 11.1. The van der Waals surface area contributed by atoms with Gasteiger partial charge in [0.15, 0.2) is 0 Å². The number of amides is 1. The van der Waals surface area contributed by atoms with Crippen LogP contribution in [0, 0.1) is 0 Å². The van der Waals surface area contributed by atoms with E-state index >= 15 is 0 Å². The minimum atomic E-state index is -1.04. The zero-order valence-corrected chi connectivity index (χ0v) is 28.7. The quantitative estimate of drug-likeness (QED) is 0.114. The number of aryl methyl sites for hydroxylation is 1. The van der Waals surface area contributed by atoms with Crippen molar-refractivity contribution in [2.45, 2.75) is 63.2 Å². The Hall–Kier alpha value is -4.06. The molecule has 0 unspecified atom stereocenters. The first-order valence-corrected chi connectivity index (χ1v) is 17.2. The van der Waals surface area contributed by atoms with Crippen LogP contribution in [0.15, 0.2) is 60.8 Å². The van der Waals surface area contributed by atoms with Gasteiger partial charge < -0.3 is 30.9 Å². The number of fused-ring (bicyclic) bond motifs is 1. The van der Waals surface area contributed by atoms with Crippen LogP contribution in [0.3, 0.4) is 0 Å². The summed E-state index contributed by atoms with van der Waals surface area (Å²) >= 11 is 14.2. The van der Waals surface area contributed by atoms with Gasteiger partial charge in [0.25, 0.3) is 0 Å². The number of nitrogens with zero attached hydrogens (tertiary/aromatic N) is 2. The number of carbonyl (C=O) groups is 2. The molecule has 4 aromatic rings. The summed E-state index contributed by atoms with van der Waals surface area (Å²) in [7, 11) is 1.50. The minimum absolute atomic E-state index is 0.0819. The van der Waals surface area contributed by atoms with Gasteiger partial charge in [-0.3, -0.25) is 14.6 Å². The van der Waals surface area contributed by atoms with E-state index in [2.05, 4.69) is 44.1 Å². The molecule has 1 aliphatic carbocycles. The molecular formula is C37H39Cl2N5O5. The van der Waals surface area contributed by atoms with Gasteiger partial charge in [0.1, 0.15) is 6.04 Å². The summed E-state index contributed by atoms with van der Waals surface area (Å²) in [4.78, 5) is 32.5. The van der Waals surface area contributed by atoms with Crippen molar-refractivity contribution in [2.75, 3.05) is 20.3 Å². The van der Waals surface area contributed by atoms with Gasteiger partial charge in [0, 0.05) is 72.2 Å². The summed E-state index contributed by atoms with van der Waals surface area (Å²) in [5, 5.41) is 29.2. The van der Waals surface area contributed by atoms with Crippen molar-refractivity contribution >= 4 is 35.1 Å². The Morgan fingerprint density at radius 3 is 2.63 bits per heavy atom. The van der Waals surface area contributed by atoms with E-state index in [1.807, 2.05) is 36.4 Å². The number of ether oxygens (including phenoxy) is 1. The number of aliphatic hydroxyl groups is 1. The average Bonchev–Trinajstić information content (AvgIpc) is 3.53. The summed E-state index contributed by atoms with van der Waals surface area (Å²) in [5.74, 6) is -0.581. The highest BCUT2D eigenvalue weighted by Gasteiger charge is 2.26. The standard InChI is InChI=1S/C37H39Cl2N5O5/c1-49-36-23(19-41-31(15-17-45)37(47)48)9-12-30(44-36)28-6-3-5-26(33(28)38)27-14-16-40-35(34(27)39)22-8-11-25-21(18-22)4-2-7-29(25)42-20-24-10-13-32(46)43-24/h3,5-6,8-9,11-12,14,16,18,24,29,31,41-42,45H,2,4,7,10,13,15,17,19-20H2,1H3,(H,43,46)(H,47,48)/t24-,29+,31+/m0/s1. The smallest absolute Gasteiger partial charge is 0.320 e. The van der Waals surface area contributed by atoms with E-state index < -0.39 is 12.0 Å². The van der Waals surface area contributed by atoms with E-state index in [9.17, 15) is 19.8 Å². The Balaban J connectivity index is 1.24. The highest BCUT2D eigenvalue weighted by atomic mass is 35.5. The van der Waals surface area contributed by atoms with Crippen molar-refractivity contribution in [3.63, 3.8) is 0 Å². The molecule has 3 atom stereocenters. The average molecular weight is 705 g/mol. The van der Waals surface area contributed by atoms with Gasteiger partial charge in [-0.2, -0.15) is 0 Å². The molecule has 0 radical (unpaired) electrons. The minimum Gasteiger partial charge on any atom is -0.481 e. The first-order valence-electron chi connectivity index (χ1n) is 16.5. The molecule has 256 valence electrons. The molecule has 3 heterocycles. The Bertz CT molecular complexity index is 1850. The summed E-state index contributed by atoms with van der Waals surface area (Å²) < 4.78 is 5.55. The number of carboxylic acids is 1. The molecule has 2 aromatic carbocycles. The van der Waals surface area contributed by atoms with Crippen molar-refractivity contribution in [2.24, 2.45) is 0 Å². The lowest BCUT2D eigenvalue weighted by atomic mass is 9.86. The zero-order valence-electron chi connectivity index (χ0n) is 27.1. The molecule has 2 aromatic heterocycles. The second-order valence-electron chi connectivity index (χ2n) is 12.4. The largest absolute Gasteiger partial charge is 0.481 e. The summed E-state index contributed by atoms with van der Waals surface area (Å²) in [5.41, 5.74) is 7.55. The molecule has 6 rings (SSSR count). The van der Waals surface area contributed by atoms with Crippen LogP contribution >= 0.6 is 23.2 Å². The van der Waals surface area contributed by atoms with Crippen LogP contribution in [0.25, 0.3) is 33.6 Å². The lowest BCUT2D eigenvalue weighted by molar-refractivity contribution is -0.140. The third-order valence-corrected chi connectivity index (χ3v) is 10.1. The molecular weight excluding hydrogens is 665 g/mol. The molecule has 1 saturated heterocycles. The third-order valence-electron chi connectivity index (χ3n) is 9.27. The number of rotatable bonds is 13. The fraction of sp³-hybridized carbons (Fsp3) is 0.351. The van der Waals surface area contributed by atoms with Crippen molar-refractivity contribution in [1.29, 1.82) is 0 Å². The van der Waals surface area contributed by atoms with Crippen molar-refractivity contribution in [3.8, 4) is 39.5 Å². The molecule has 1 fully saturated rings. The number of aromatic nitrogens is 2. The Morgan fingerprint density at radius 1 is 1.06 bits per heavy atom. The second kappa shape index (κ2) is 15.7. The van der Waals surface area contributed by atoms with Crippen LogP contribution in [0.1, 0.15) is 54.8 Å². The van der Waals surface area contributed by atoms with Gasteiger partial charge in [-0.05, 0) is 61.4 Å². The maximum Gasteiger partial charge on any atom is 0.320 e. The number of carbonyl (C=O) groups excluding carboxylic acids is 1. The van der Waals surface area contributed by atoms with E-state index in [0.29, 0.717) is 44.9 Å². The normalized spacial score (nSPS) is 17.8. The van der Waals surface area contributed by atoms with Gasteiger partial charge in [-0.25, -0.2) is 4.98 Å². The number of aliphatic hydroxyl groups excluding tert-OH is 1. The molecule has 0 spiro atoms. The second-order valence-corrected chi connectivity index (χ2v) is 13.2. The number of hydrogen-bond donors (Lipinski definition) is 5. The van der Waals surface area contributed by atoms with E-state index in [0.717, 1.165) is 48.9 Å². The van der Waals surface area contributed by atoms with Crippen LogP contribution in [-0.4, -0.2) is 64.4 Å². The number of carboxylic acid groups (broad SMARTS) is 1. The van der Waals surface area contributed by atoms with E-state index in [-0.39, 0.29) is 37.6 Å². The van der Waals surface area contributed by atoms with Gasteiger partial charge in [-0.1, -0.05) is 59.6 Å². The zero-order chi connectivity index (χ0) is 34.5. The third kappa shape index (κ3) is 7.74. The number of methoxy groups -OCH3 is 1. The number of hydrogen-bond acceptors (Lipinski definition) is 8. The topological polar surface area (TPSA) is 146 Å². The highest BCUT2D eigenvalue weighted by Crippen LogP contribution is 2.42. The number of nitrogens with one attached hydrogen (secondary N) is 3. The van der Waals surface area contributed by atoms with E-state index in [1.54, 1.807) is 6.20 Å². The molecule has 2 aliphatic rings. The first kappa shape index (κ1) is 34.8. The number of benzene rings is 2. The molecule has 0 bridgehead atoms. The lowest BCUT2D eigenvalue weighted by Crippen LogP contribution is -2.38. The number of pyridine rings is 2. The maximum absolute atomic E-state index is 11.6. The molecule has 49 heavy (non-hydrogen) atoms. The van der Waals surface area contributed by atoms with Gasteiger partial charge in [-0.15, -0.1) is 0 Å². The highest BCUT2D eigenvalue weighted by molar-refractivity contribution is 6.39. The predicted octanol–water partition coefficient (Wildman–Crippen LogP) is 5.96. The summed E-state index contributed by atoms with van der Waals surface area (Å²) in [6, 6.07) is 17.1. The van der Waals surface area contributed by atoms with Gasteiger partial charge in [0.05, 0.1) is 28.5 Å². The van der Waals surface area contributed by atoms with Crippen molar-refractivity contribution < 1.29 is 24.5 Å². The van der Waals surface area contributed by atoms with Gasteiger partial charge in [0.2, 0.25) is 11.8 Å². The van der Waals surface area contributed by atoms with Crippen LogP contribution in [0.5, 0.6) is 5.88 Å². The maximum atomic E-state index is 11.6. The van der Waals surface area contributed by atoms with E-state index in [4.69, 9.17) is 27.9 Å². The van der Waals surface area contributed by atoms with Crippen LogP contribution < -0.4 is 20.7 Å². The van der Waals surface area contributed by atoms with Crippen LogP contribution in [-0.2, 0) is 22.6 Å². The number of aliphatic carboxylic acids is 1. The lowest BCUT2D eigenvalue weighted by Gasteiger charge is -2.28. The molecule has 12 heteroatoms.